The van der Waals surface area contributed by atoms with Gasteiger partial charge in [0.15, 0.2) is 0 Å². The number of rotatable bonds is 2. The lowest BCUT2D eigenvalue weighted by Crippen LogP contribution is -2.17. The van der Waals surface area contributed by atoms with E-state index in [1.807, 2.05) is 7.05 Å². The van der Waals surface area contributed by atoms with Crippen LogP contribution in [0.2, 0.25) is 0 Å². The summed E-state index contributed by atoms with van der Waals surface area (Å²) in [7, 11) is 3.69. The van der Waals surface area contributed by atoms with Gasteiger partial charge in [-0.15, -0.1) is 0 Å². The van der Waals surface area contributed by atoms with Crippen LogP contribution in [0.5, 0.6) is 5.75 Å². The lowest BCUT2D eigenvalue weighted by atomic mass is 10.1. The molecule has 0 fully saturated rings. The van der Waals surface area contributed by atoms with Crippen molar-refractivity contribution >= 4 is 5.69 Å². The Labute approximate surface area is 84.5 Å². The van der Waals surface area contributed by atoms with Gasteiger partial charge in [-0.2, -0.15) is 0 Å². The lowest BCUT2D eigenvalue weighted by Gasteiger charge is -2.11. The highest BCUT2D eigenvalue weighted by Crippen LogP contribution is 2.38. The van der Waals surface area contributed by atoms with E-state index in [1.165, 1.54) is 11.1 Å². The van der Waals surface area contributed by atoms with Crippen LogP contribution in [0.15, 0.2) is 12.1 Å². The third kappa shape index (κ3) is 1.34. The molecule has 3 nitrogen and oxygen atoms in total. The summed E-state index contributed by atoms with van der Waals surface area (Å²) in [6.45, 7) is 3.03. The van der Waals surface area contributed by atoms with Crippen LogP contribution in [0.3, 0.4) is 0 Å². The minimum absolute atomic E-state index is 0.402. The standard InChI is InChI=1S/C11H16N2O/c1-7-4-8-9(12-2)6-13-11(8)10(5-7)14-3/h4-5,9,12-13H,6H2,1-3H3. The van der Waals surface area contributed by atoms with E-state index in [1.54, 1.807) is 7.11 Å². The predicted molar refractivity (Wildman–Crippen MR) is 58.0 cm³/mol. The van der Waals surface area contributed by atoms with Crippen LogP contribution in [0.4, 0.5) is 5.69 Å². The number of fused-ring (bicyclic) bond motifs is 1. The maximum absolute atomic E-state index is 5.34. The van der Waals surface area contributed by atoms with Crippen LogP contribution in [-0.2, 0) is 0 Å². The van der Waals surface area contributed by atoms with Gasteiger partial charge in [-0.3, -0.25) is 0 Å². The van der Waals surface area contributed by atoms with Crippen LogP contribution in [0.25, 0.3) is 0 Å². The van der Waals surface area contributed by atoms with Crippen molar-refractivity contribution in [2.24, 2.45) is 0 Å². The quantitative estimate of drug-likeness (QED) is 0.748. The second-order valence-electron chi connectivity index (χ2n) is 3.65. The van der Waals surface area contributed by atoms with Crippen molar-refractivity contribution in [2.45, 2.75) is 13.0 Å². The molecule has 1 heterocycles. The molecule has 1 aromatic rings. The largest absolute Gasteiger partial charge is 0.495 e. The molecule has 0 saturated heterocycles. The second kappa shape index (κ2) is 3.50. The Morgan fingerprint density at radius 2 is 2.29 bits per heavy atom. The molecule has 1 aliphatic rings. The van der Waals surface area contributed by atoms with Crippen molar-refractivity contribution in [3.8, 4) is 5.75 Å². The van der Waals surface area contributed by atoms with Gasteiger partial charge in [0.2, 0.25) is 0 Å². The molecule has 0 amide bonds. The average Bonchev–Trinajstić information content (AvgIpc) is 2.59. The summed E-state index contributed by atoms with van der Waals surface area (Å²) in [5, 5.41) is 6.64. The van der Waals surface area contributed by atoms with E-state index in [4.69, 9.17) is 4.74 Å². The van der Waals surface area contributed by atoms with E-state index in [0.29, 0.717) is 6.04 Å². The molecule has 0 bridgehead atoms. The SMILES string of the molecule is CNC1CNc2c(OC)cc(C)cc21. The summed E-state index contributed by atoms with van der Waals surface area (Å²) in [5.41, 5.74) is 3.69. The third-order valence-corrected chi connectivity index (χ3v) is 2.70. The van der Waals surface area contributed by atoms with Gasteiger partial charge in [-0.25, -0.2) is 0 Å². The normalized spacial score (nSPS) is 18.9. The van der Waals surface area contributed by atoms with Gasteiger partial charge in [0.05, 0.1) is 18.8 Å². The summed E-state index contributed by atoms with van der Waals surface area (Å²) >= 11 is 0. The number of ether oxygens (including phenoxy) is 1. The first-order chi connectivity index (χ1) is 6.76. The number of anilines is 1. The summed E-state index contributed by atoms with van der Waals surface area (Å²) in [6, 6.07) is 4.67. The predicted octanol–water partition coefficient (Wildman–Crippen LogP) is 1.69. The molecule has 0 aromatic heterocycles. The van der Waals surface area contributed by atoms with E-state index in [9.17, 15) is 0 Å². The highest BCUT2D eigenvalue weighted by molar-refractivity contribution is 5.67. The summed E-state index contributed by atoms with van der Waals surface area (Å²) < 4.78 is 5.34. The molecule has 2 rings (SSSR count). The maximum Gasteiger partial charge on any atom is 0.142 e. The van der Waals surface area contributed by atoms with Gasteiger partial charge in [0.1, 0.15) is 5.75 Å². The van der Waals surface area contributed by atoms with Crippen LogP contribution >= 0.6 is 0 Å². The molecule has 0 radical (unpaired) electrons. The summed E-state index contributed by atoms with van der Waals surface area (Å²) in [6.07, 6.45) is 0. The molecule has 1 unspecified atom stereocenters. The van der Waals surface area contributed by atoms with Crippen LogP contribution < -0.4 is 15.4 Å². The first-order valence-electron chi connectivity index (χ1n) is 4.86. The molecular formula is C11H16N2O. The summed E-state index contributed by atoms with van der Waals surface area (Å²) in [4.78, 5) is 0. The van der Waals surface area contributed by atoms with Crippen molar-refractivity contribution in [2.75, 3.05) is 26.0 Å². The first-order valence-corrected chi connectivity index (χ1v) is 4.86. The average molecular weight is 192 g/mol. The second-order valence-corrected chi connectivity index (χ2v) is 3.65. The number of methoxy groups -OCH3 is 1. The van der Waals surface area contributed by atoms with Crippen molar-refractivity contribution in [3.63, 3.8) is 0 Å². The van der Waals surface area contributed by atoms with E-state index in [0.717, 1.165) is 18.0 Å². The molecule has 1 aliphatic heterocycles. The Morgan fingerprint density at radius 1 is 1.50 bits per heavy atom. The molecule has 0 saturated carbocycles. The van der Waals surface area contributed by atoms with Crippen molar-refractivity contribution in [1.29, 1.82) is 0 Å². The van der Waals surface area contributed by atoms with Gasteiger partial charge < -0.3 is 15.4 Å². The van der Waals surface area contributed by atoms with E-state index in [2.05, 4.69) is 29.7 Å². The number of benzene rings is 1. The molecule has 2 N–H and O–H groups in total. The summed E-state index contributed by atoms with van der Waals surface area (Å²) in [5.74, 6) is 0.942. The van der Waals surface area contributed by atoms with Crippen LogP contribution in [0, 0.1) is 6.92 Å². The van der Waals surface area contributed by atoms with Crippen molar-refractivity contribution in [1.82, 2.24) is 5.32 Å². The van der Waals surface area contributed by atoms with Gasteiger partial charge >= 0.3 is 0 Å². The Kier molecular flexibility index (Phi) is 2.33. The fraction of sp³-hybridized carbons (Fsp3) is 0.455. The molecular weight excluding hydrogens is 176 g/mol. The van der Waals surface area contributed by atoms with Gasteiger partial charge in [-0.1, -0.05) is 6.07 Å². The van der Waals surface area contributed by atoms with E-state index >= 15 is 0 Å². The molecule has 76 valence electrons. The molecule has 3 heteroatoms. The molecule has 1 atom stereocenters. The third-order valence-electron chi connectivity index (χ3n) is 2.70. The van der Waals surface area contributed by atoms with E-state index < -0.39 is 0 Å². The minimum atomic E-state index is 0.402. The van der Waals surface area contributed by atoms with Gasteiger partial charge in [-0.05, 0) is 31.2 Å². The lowest BCUT2D eigenvalue weighted by molar-refractivity contribution is 0.416. The van der Waals surface area contributed by atoms with Crippen molar-refractivity contribution < 1.29 is 4.74 Å². The number of nitrogens with one attached hydrogen (secondary N) is 2. The fourth-order valence-electron chi connectivity index (χ4n) is 1.98. The zero-order valence-electron chi connectivity index (χ0n) is 8.85. The zero-order valence-corrected chi connectivity index (χ0v) is 8.85. The number of hydrogen-bond acceptors (Lipinski definition) is 3. The Hall–Kier alpha value is -1.22. The molecule has 14 heavy (non-hydrogen) atoms. The molecule has 0 spiro atoms. The highest BCUT2D eigenvalue weighted by atomic mass is 16.5. The molecule has 0 aliphatic carbocycles. The van der Waals surface area contributed by atoms with Gasteiger partial charge in [0, 0.05) is 6.54 Å². The number of likely N-dealkylation sites (N-methyl/N-ethyl adjacent to an activating group) is 1. The van der Waals surface area contributed by atoms with Crippen LogP contribution in [0.1, 0.15) is 17.2 Å². The smallest absolute Gasteiger partial charge is 0.142 e. The molecule has 1 aromatic carbocycles. The minimum Gasteiger partial charge on any atom is -0.495 e. The highest BCUT2D eigenvalue weighted by Gasteiger charge is 2.23. The monoisotopic (exact) mass is 192 g/mol. The number of hydrogen-bond donors (Lipinski definition) is 2. The first kappa shape index (κ1) is 9.34. The Morgan fingerprint density at radius 3 is 2.93 bits per heavy atom. The van der Waals surface area contributed by atoms with E-state index in [-0.39, 0.29) is 0 Å². The fourth-order valence-corrected chi connectivity index (χ4v) is 1.98. The zero-order chi connectivity index (χ0) is 10.1. The number of aryl methyl sites for hydroxylation is 1. The Bertz CT molecular complexity index is 349. The van der Waals surface area contributed by atoms with Crippen LogP contribution in [-0.4, -0.2) is 20.7 Å². The van der Waals surface area contributed by atoms with Crippen molar-refractivity contribution in [3.05, 3.63) is 23.3 Å². The topological polar surface area (TPSA) is 33.3 Å². The Balaban J connectivity index is 2.50. The maximum atomic E-state index is 5.34. The van der Waals surface area contributed by atoms with Gasteiger partial charge in [0.25, 0.3) is 0 Å².